The van der Waals surface area contributed by atoms with Crippen LogP contribution in [0.4, 0.5) is 4.39 Å². The fraction of sp³-hybridized carbons (Fsp3) is 0.103. The summed E-state index contributed by atoms with van der Waals surface area (Å²) in [6, 6.07) is 40.7. The van der Waals surface area contributed by atoms with Gasteiger partial charge in [-0.1, -0.05) is 74.9 Å². The topological polar surface area (TPSA) is 56.7 Å². The number of rotatable bonds is 3. The minimum atomic E-state index is -0.366. The summed E-state index contributed by atoms with van der Waals surface area (Å²) in [5.74, 6) is 0.244. The minimum absolute atomic E-state index is 0. The number of furan rings is 1. The Morgan fingerprint density at radius 2 is 1.59 bits per heavy atom. The minimum Gasteiger partial charge on any atom is -0.500 e. The Labute approximate surface area is 280 Å². The number of pyridine rings is 2. The van der Waals surface area contributed by atoms with Crippen LogP contribution >= 0.6 is 0 Å². The summed E-state index contributed by atoms with van der Waals surface area (Å²) >= 11 is 0. The van der Waals surface area contributed by atoms with E-state index in [-0.39, 0.29) is 31.3 Å². The molecule has 5 nitrogen and oxygen atoms in total. The van der Waals surface area contributed by atoms with Gasteiger partial charge in [0.1, 0.15) is 5.58 Å². The van der Waals surface area contributed by atoms with E-state index in [2.05, 4.69) is 44.0 Å². The number of benzene rings is 4. The first kappa shape index (κ1) is 31.0. The summed E-state index contributed by atoms with van der Waals surface area (Å²) < 4.78 is 23.0. The van der Waals surface area contributed by atoms with E-state index in [0.717, 1.165) is 39.1 Å². The van der Waals surface area contributed by atoms with Gasteiger partial charge in [0.2, 0.25) is 0 Å². The van der Waals surface area contributed by atoms with Crippen molar-refractivity contribution in [1.29, 1.82) is 0 Å². The fourth-order valence-electron chi connectivity index (χ4n) is 5.34. The molecule has 0 atom stereocenters. The van der Waals surface area contributed by atoms with Crippen LogP contribution in [0.3, 0.4) is 0 Å². The second kappa shape index (κ2) is 12.8. The second-order valence-corrected chi connectivity index (χ2v) is 11.7. The third kappa shape index (κ3) is 5.87. The summed E-state index contributed by atoms with van der Waals surface area (Å²) in [5, 5.41) is 1.17. The first-order chi connectivity index (χ1) is 21.9. The third-order valence-electron chi connectivity index (χ3n) is 7.66. The molecule has 0 N–H and O–H groups in total. The standard InChI is InChI=1S/C28H21FN3O.C11H8N.Ir/c1-28(2,3)17-15-22-27(30-16-17)32(18-9-5-4-6-10-18)26(31-22)20-13-14-21(29)24-19-11-7-8-12-23(19)33-25(20)24;1-2-6-10(7-3-1)11-8-4-5-9-12-11;/h4-12,14-16H,1-3H3;1-6,8-9H;/q2*-1;. The van der Waals surface area contributed by atoms with Crippen molar-refractivity contribution in [2.45, 2.75) is 26.2 Å². The predicted octanol–water partition coefficient (Wildman–Crippen LogP) is 9.77. The zero-order chi connectivity index (χ0) is 31.0. The SMILES string of the molecule is CC(C)(C)c1cnc2c(c1)nc(-c1[c-]cc(F)c3c1oc1ccccc13)n2-c1ccccc1.[Ir].[c-]1ccccc1-c1ccccn1. The first-order valence-corrected chi connectivity index (χ1v) is 14.7. The average molecular weight is 781 g/mol. The molecule has 4 heterocycles. The van der Waals surface area contributed by atoms with Gasteiger partial charge in [0.05, 0.1) is 16.9 Å². The van der Waals surface area contributed by atoms with Crippen molar-refractivity contribution >= 4 is 33.1 Å². The summed E-state index contributed by atoms with van der Waals surface area (Å²) in [6.07, 6.45) is 3.69. The molecular weight excluding hydrogens is 752 g/mol. The van der Waals surface area contributed by atoms with Gasteiger partial charge in [0, 0.05) is 49.4 Å². The molecule has 0 amide bonds. The molecule has 4 aromatic heterocycles. The molecule has 0 saturated heterocycles. The van der Waals surface area contributed by atoms with Crippen molar-refractivity contribution in [2.24, 2.45) is 0 Å². The fourth-order valence-corrected chi connectivity index (χ4v) is 5.34. The van der Waals surface area contributed by atoms with Crippen molar-refractivity contribution < 1.29 is 28.9 Å². The molecule has 8 aromatic rings. The Bertz CT molecular complexity index is 2220. The van der Waals surface area contributed by atoms with Gasteiger partial charge in [0.25, 0.3) is 0 Å². The maximum absolute atomic E-state index is 14.9. The van der Waals surface area contributed by atoms with Gasteiger partial charge in [-0.2, -0.15) is 0 Å². The summed E-state index contributed by atoms with van der Waals surface area (Å²) in [5.41, 5.74) is 7.10. The van der Waals surface area contributed by atoms with Crippen LogP contribution in [0.2, 0.25) is 0 Å². The third-order valence-corrected chi connectivity index (χ3v) is 7.66. The number of para-hydroxylation sites is 2. The second-order valence-electron chi connectivity index (χ2n) is 11.7. The summed E-state index contributed by atoms with van der Waals surface area (Å²) in [4.78, 5) is 14.0. The molecule has 0 fully saturated rings. The van der Waals surface area contributed by atoms with Crippen LogP contribution in [0, 0.1) is 17.9 Å². The molecule has 0 unspecified atom stereocenters. The molecule has 0 aliphatic rings. The smallest absolute Gasteiger partial charge is 0.155 e. The zero-order valence-electron chi connectivity index (χ0n) is 25.5. The predicted molar refractivity (Wildman–Crippen MR) is 178 cm³/mol. The van der Waals surface area contributed by atoms with Crippen molar-refractivity contribution in [1.82, 2.24) is 19.5 Å². The molecule has 0 aliphatic heterocycles. The molecule has 0 bridgehead atoms. The Hall–Kier alpha value is -4.97. The van der Waals surface area contributed by atoms with Crippen LogP contribution in [-0.4, -0.2) is 19.5 Å². The van der Waals surface area contributed by atoms with Gasteiger partial charge >= 0.3 is 0 Å². The zero-order valence-corrected chi connectivity index (χ0v) is 27.9. The van der Waals surface area contributed by atoms with E-state index in [9.17, 15) is 4.39 Å². The monoisotopic (exact) mass is 781 g/mol. The van der Waals surface area contributed by atoms with Crippen molar-refractivity contribution in [3.05, 3.63) is 145 Å². The quantitative estimate of drug-likeness (QED) is 0.168. The summed E-state index contributed by atoms with van der Waals surface area (Å²) in [6.45, 7) is 6.45. The molecule has 0 aliphatic carbocycles. The number of aromatic nitrogens is 4. The molecule has 0 saturated carbocycles. The van der Waals surface area contributed by atoms with E-state index in [1.54, 1.807) is 6.20 Å². The van der Waals surface area contributed by atoms with E-state index in [1.165, 1.54) is 6.07 Å². The van der Waals surface area contributed by atoms with Gasteiger partial charge < -0.3 is 14.0 Å². The molecule has 4 aromatic carbocycles. The molecular formula is C39H29FIrN4O-2. The molecule has 8 rings (SSSR count). The Morgan fingerprint density at radius 1 is 0.826 bits per heavy atom. The van der Waals surface area contributed by atoms with Gasteiger partial charge in [-0.25, -0.2) is 4.98 Å². The Kier molecular flexibility index (Phi) is 8.63. The van der Waals surface area contributed by atoms with E-state index in [1.807, 2.05) is 108 Å². The number of imidazole rings is 1. The molecule has 7 heteroatoms. The van der Waals surface area contributed by atoms with E-state index in [4.69, 9.17) is 14.4 Å². The summed E-state index contributed by atoms with van der Waals surface area (Å²) in [7, 11) is 0. The Morgan fingerprint density at radius 3 is 2.33 bits per heavy atom. The number of hydrogen-bond acceptors (Lipinski definition) is 4. The molecule has 229 valence electrons. The normalized spacial score (nSPS) is 11.3. The van der Waals surface area contributed by atoms with Crippen LogP contribution < -0.4 is 0 Å². The van der Waals surface area contributed by atoms with Gasteiger partial charge in [-0.3, -0.25) is 9.37 Å². The molecule has 0 spiro atoms. The van der Waals surface area contributed by atoms with Crippen LogP contribution in [-0.2, 0) is 25.5 Å². The largest absolute Gasteiger partial charge is 0.500 e. The van der Waals surface area contributed by atoms with Crippen molar-refractivity contribution in [3.8, 4) is 28.3 Å². The van der Waals surface area contributed by atoms with E-state index < -0.39 is 0 Å². The van der Waals surface area contributed by atoms with Gasteiger partial charge in [-0.15, -0.1) is 48.0 Å². The maximum atomic E-state index is 14.9. The number of nitrogens with zero attached hydrogens (tertiary/aromatic N) is 4. The average Bonchev–Trinajstić information content (AvgIpc) is 3.65. The van der Waals surface area contributed by atoms with Crippen molar-refractivity contribution in [2.75, 3.05) is 0 Å². The Balaban J connectivity index is 0.000000241. The van der Waals surface area contributed by atoms with Gasteiger partial charge in [0.15, 0.2) is 5.65 Å². The van der Waals surface area contributed by atoms with Crippen LogP contribution in [0.15, 0.2) is 126 Å². The van der Waals surface area contributed by atoms with E-state index in [0.29, 0.717) is 27.9 Å². The number of fused-ring (bicyclic) bond motifs is 4. The number of halogens is 1. The molecule has 1 radical (unpaired) electrons. The van der Waals surface area contributed by atoms with Crippen LogP contribution in [0.5, 0.6) is 0 Å². The van der Waals surface area contributed by atoms with Crippen LogP contribution in [0.25, 0.3) is 61.4 Å². The maximum Gasteiger partial charge on any atom is 0.155 e. The first-order valence-electron chi connectivity index (χ1n) is 14.7. The van der Waals surface area contributed by atoms with Gasteiger partial charge in [-0.05, 0) is 52.4 Å². The van der Waals surface area contributed by atoms with Crippen molar-refractivity contribution in [3.63, 3.8) is 0 Å². The molecule has 46 heavy (non-hydrogen) atoms. The van der Waals surface area contributed by atoms with Crippen LogP contribution in [0.1, 0.15) is 26.3 Å². The number of hydrogen-bond donors (Lipinski definition) is 0. The van der Waals surface area contributed by atoms with E-state index >= 15 is 0 Å².